The summed E-state index contributed by atoms with van der Waals surface area (Å²) in [7, 11) is 0. The van der Waals surface area contributed by atoms with Crippen molar-refractivity contribution in [3.63, 3.8) is 0 Å². The van der Waals surface area contributed by atoms with Gasteiger partial charge in [0.25, 0.3) is 0 Å². The second kappa shape index (κ2) is 5.20. The Kier molecular flexibility index (Phi) is 3.51. The lowest BCUT2D eigenvalue weighted by molar-refractivity contribution is -0.118. The number of hydrogen-bond acceptors (Lipinski definition) is 4. The predicted molar refractivity (Wildman–Crippen MR) is 80.8 cm³/mol. The van der Waals surface area contributed by atoms with E-state index in [1.54, 1.807) is 19.2 Å². The summed E-state index contributed by atoms with van der Waals surface area (Å²) in [4.78, 5) is 17.0. The Morgan fingerprint density at radius 2 is 2.29 bits per heavy atom. The first-order valence-electron chi connectivity index (χ1n) is 6.76. The van der Waals surface area contributed by atoms with Crippen LogP contribution in [0.25, 0.3) is 0 Å². The molecule has 1 saturated carbocycles. The molecule has 1 fully saturated rings. The molecule has 2 aromatic rings. The number of rotatable bonds is 4. The number of thiazole rings is 1. The molecule has 1 aromatic heterocycles. The molecule has 6 heteroatoms. The first kappa shape index (κ1) is 14.2. The number of halogens is 1. The van der Waals surface area contributed by atoms with Crippen LogP contribution in [0.2, 0.25) is 0 Å². The van der Waals surface area contributed by atoms with Gasteiger partial charge in [0.05, 0.1) is 5.54 Å². The van der Waals surface area contributed by atoms with E-state index in [0.717, 1.165) is 23.3 Å². The number of nitrogens with zero attached hydrogens (tertiary/aromatic N) is 1. The number of amides is 1. The quantitative estimate of drug-likeness (QED) is 0.912. The molecule has 1 amide bonds. The lowest BCUT2D eigenvalue weighted by Gasteiger charge is -2.06. The highest BCUT2D eigenvalue weighted by atomic mass is 32.1. The summed E-state index contributed by atoms with van der Waals surface area (Å²) in [5, 5.41) is 3.28. The summed E-state index contributed by atoms with van der Waals surface area (Å²) in [5.41, 5.74) is 6.64. The van der Waals surface area contributed by atoms with Gasteiger partial charge in [-0.2, -0.15) is 0 Å². The molecule has 0 saturated heterocycles. The van der Waals surface area contributed by atoms with Crippen LogP contribution in [-0.4, -0.2) is 16.4 Å². The zero-order chi connectivity index (χ0) is 15.0. The second-order valence-corrected chi connectivity index (χ2v) is 6.62. The molecular formula is C15H16FN3OS. The zero-order valence-electron chi connectivity index (χ0n) is 11.6. The van der Waals surface area contributed by atoms with E-state index in [1.165, 1.54) is 17.4 Å². The van der Waals surface area contributed by atoms with Gasteiger partial charge in [-0.1, -0.05) is 12.1 Å². The van der Waals surface area contributed by atoms with Crippen molar-refractivity contribution < 1.29 is 9.18 Å². The van der Waals surface area contributed by atoms with Gasteiger partial charge >= 0.3 is 0 Å². The van der Waals surface area contributed by atoms with Gasteiger partial charge in [-0.15, -0.1) is 11.3 Å². The van der Waals surface area contributed by atoms with Crippen molar-refractivity contribution in [3.05, 3.63) is 46.2 Å². The number of aromatic nitrogens is 1. The number of benzene rings is 1. The molecule has 4 nitrogen and oxygen atoms in total. The van der Waals surface area contributed by atoms with Crippen LogP contribution in [0.1, 0.15) is 28.8 Å². The molecule has 0 radical (unpaired) electrons. The van der Waals surface area contributed by atoms with Gasteiger partial charge in [-0.3, -0.25) is 4.79 Å². The van der Waals surface area contributed by atoms with Crippen LogP contribution in [0.3, 0.4) is 0 Å². The number of nitrogens with one attached hydrogen (secondary N) is 1. The fraction of sp³-hybridized carbons (Fsp3) is 0.333. The van der Waals surface area contributed by atoms with E-state index >= 15 is 0 Å². The number of carbonyl (C=O) groups excluding carboxylic acids is 1. The summed E-state index contributed by atoms with van der Waals surface area (Å²) < 4.78 is 13.5. The van der Waals surface area contributed by atoms with Gasteiger partial charge in [0.2, 0.25) is 5.91 Å². The maximum atomic E-state index is 13.5. The van der Waals surface area contributed by atoms with Gasteiger partial charge in [-0.25, -0.2) is 9.37 Å². The maximum absolute atomic E-state index is 13.5. The molecule has 0 aliphatic heterocycles. The lowest BCUT2D eigenvalue weighted by Crippen LogP contribution is -2.37. The predicted octanol–water partition coefficient (Wildman–Crippen LogP) is 2.61. The Morgan fingerprint density at radius 3 is 2.95 bits per heavy atom. The minimum atomic E-state index is -0.702. The highest BCUT2D eigenvalue weighted by Crippen LogP contribution is 2.34. The van der Waals surface area contributed by atoms with E-state index in [2.05, 4.69) is 10.3 Å². The van der Waals surface area contributed by atoms with E-state index in [9.17, 15) is 9.18 Å². The van der Waals surface area contributed by atoms with Crippen LogP contribution in [-0.2, 0) is 11.2 Å². The molecule has 0 spiro atoms. The first-order valence-corrected chi connectivity index (χ1v) is 7.58. The lowest BCUT2D eigenvalue weighted by atomic mass is 10.1. The molecule has 1 heterocycles. The Labute approximate surface area is 126 Å². The van der Waals surface area contributed by atoms with Crippen molar-refractivity contribution in [2.45, 2.75) is 31.7 Å². The molecule has 0 bridgehead atoms. The van der Waals surface area contributed by atoms with Crippen molar-refractivity contribution >= 4 is 22.4 Å². The van der Waals surface area contributed by atoms with Gasteiger partial charge in [0.1, 0.15) is 5.82 Å². The largest absolute Gasteiger partial charge is 0.317 e. The average Bonchev–Trinajstić information content (AvgIpc) is 3.05. The molecule has 110 valence electrons. The molecule has 0 unspecified atom stereocenters. The number of anilines is 1. The third-order valence-electron chi connectivity index (χ3n) is 3.63. The first-order chi connectivity index (χ1) is 9.96. The average molecular weight is 305 g/mol. The smallest absolute Gasteiger partial charge is 0.246 e. The standard InChI is InChI=1S/C15H16FN3OS/c1-9-2-3-10(7-12(9)16)6-11-8-18-14(21-11)19-13(20)15(17)4-5-15/h2-3,7-8H,4-6,17H2,1H3,(H,18,19,20). The fourth-order valence-electron chi connectivity index (χ4n) is 1.98. The van der Waals surface area contributed by atoms with Crippen molar-refractivity contribution in [1.82, 2.24) is 4.98 Å². The van der Waals surface area contributed by atoms with Crippen LogP contribution in [0, 0.1) is 12.7 Å². The molecule has 21 heavy (non-hydrogen) atoms. The Balaban J connectivity index is 1.67. The minimum Gasteiger partial charge on any atom is -0.317 e. The van der Waals surface area contributed by atoms with Crippen LogP contribution in [0.4, 0.5) is 9.52 Å². The Bertz CT molecular complexity index is 694. The minimum absolute atomic E-state index is 0.176. The van der Waals surface area contributed by atoms with E-state index < -0.39 is 5.54 Å². The molecule has 1 aliphatic carbocycles. The van der Waals surface area contributed by atoms with E-state index in [4.69, 9.17) is 5.73 Å². The topological polar surface area (TPSA) is 68.0 Å². The van der Waals surface area contributed by atoms with Crippen molar-refractivity contribution in [3.8, 4) is 0 Å². The number of carbonyl (C=O) groups is 1. The monoisotopic (exact) mass is 305 g/mol. The highest BCUT2D eigenvalue weighted by molar-refractivity contribution is 7.15. The van der Waals surface area contributed by atoms with Crippen LogP contribution in [0.5, 0.6) is 0 Å². The van der Waals surface area contributed by atoms with Crippen molar-refractivity contribution in [1.29, 1.82) is 0 Å². The summed E-state index contributed by atoms with van der Waals surface area (Å²) in [6.07, 6.45) is 3.74. The summed E-state index contributed by atoms with van der Waals surface area (Å²) in [6.45, 7) is 1.74. The summed E-state index contributed by atoms with van der Waals surface area (Å²) in [5.74, 6) is -0.380. The summed E-state index contributed by atoms with van der Waals surface area (Å²) >= 11 is 1.39. The van der Waals surface area contributed by atoms with E-state index in [1.807, 2.05) is 6.07 Å². The number of nitrogens with two attached hydrogens (primary N) is 1. The molecule has 1 aliphatic rings. The van der Waals surface area contributed by atoms with Crippen LogP contribution < -0.4 is 11.1 Å². The van der Waals surface area contributed by atoms with Gasteiger partial charge in [0, 0.05) is 17.5 Å². The number of aryl methyl sites for hydroxylation is 1. The van der Waals surface area contributed by atoms with E-state index in [0.29, 0.717) is 17.1 Å². The molecule has 3 N–H and O–H groups in total. The van der Waals surface area contributed by atoms with Crippen LogP contribution >= 0.6 is 11.3 Å². The van der Waals surface area contributed by atoms with Crippen LogP contribution in [0.15, 0.2) is 24.4 Å². The molecular weight excluding hydrogens is 289 g/mol. The van der Waals surface area contributed by atoms with Gasteiger partial charge in [-0.05, 0) is 37.0 Å². The Morgan fingerprint density at radius 1 is 1.52 bits per heavy atom. The summed E-state index contributed by atoms with van der Waals surface area (Å²) in [6, 6.07) is 5.20. The zero-order valence-corrected chi connectivity index (χ0v) is 12.5. The third-order valence-corrected chi connectivity index (χ3v) is 4.54. The highest BCUT2D eigenvalue weighted by Gasteiger charge is 2.46. The third kappa shape index (κ3) is 3.11. The molecule has 3 rings (SSSR count). The number of hydrogen-bond donors (Lipinski definition) is 2. The van der Waals surface area contributed by atoms with Crippen molar-refractivity contribution in [2.75, 3.05) is 5.32 Å². The fourth-order valence-corrected chi connectivity index (χ4v) is 2.82. The molecule has 0 atom stereocenters. The molecule has 1 aromatic carbocycles. The second-order valence-electron chi connectivity index (χ2n) is 5.50. The SMILES string of the molecule is Cc1ccc(Cc2cnc(NC(=O)C3(N)CC3)s2)cc1F. The van der Waals surface area contributed by atoms with E-state index in [-0.39, 0.29) is 11.7 Å². The van der Waals surface area contributed by atoms with Gasteiger partial charge in [0.15, 0.2) is 5.13 Å². The normalized spacial score (nSPS) is 15.8. The Hall–Kier alpha value is -1.79. The van der Waals surface area contributed by atoms with Crippen molar-refractivity contribution in [2.24, 2.45) is 5.73 Å². The maximum Gasteiger partial charge on any atom is 0.246 e. The van der Waals surface area contributed by atoms with Gasteiger partial charge < -0.3 is 11.1 Å².